The summed E-state index contributed by atoms with van der Waals surface area (Å²) in [6.45, 7) is 0.423. The van der Waals surface area contributed by atoms with Gasteiger partial charge in [-0.25, -0.2) is 0 Å². The average molecular weight is 220 g/mol. The largest absolute Gasteiger partial charge is 0.481 e. The molecular formula is C8H10ClNO2S. The van der Waals surface area contributed by atoms with Crippen LogP contribution in [0.2, 0.25) is 4.34 Å². The standard InChI is InChI=1S/C8H10ClNO2S/c1-10-4-5(8(11)12)6-2-3-7(9)13-6/h2-3,5,10H,4H2,1H3,(H,11,12). The highest BCUT2D eigenvalue weighted by molar-refractivity contribution is 7.16. The molecular weight excluding hydrogens is 210 g/mol. The normalized spacial score (nSPS) is 12.8. The third kappa shape index (κ3) is 2.69. The first-order valence-electron chi connectivity index (χ1n) is 3.77. The number of hydrogen-bond donors (Lipinski definition) is 2. The van der Waals surface area contributed by atoms with E-state index in [0.717, 1.165) is 4.88 Å². The van der Waals surface area contributed by atoms with Gasteiger partial charge in [0.05, 0.1) is 4.34 Å². The van der Waals surface area contributed by atoms with Gasteiger partial charge in [0, 0.05) is 11.4 Å². The molecule has 1 atom stereocenters. The van der Waals surface area contributed by atoms with E-state index >= 15 is 0 Å². The zero-order chi connectivity index (χ0) is 9.84. The lowest BCUT2D eigenvalue weighted by atomic mass is 10.1. The summed E-state index contributed by atoms with van der Waals surface area (Å²) in [5, 5.41) is 11.7. The molecule has 0 aliphatic rings. The van der Waals surface area contributed by atoms with Crippen molar-refractivity contribution in [3.63, 3.8) is 0 Å². The van der Waals surface area contributed by atoms with Crippen LogP contribution in [-0.4, -0.2) is 24.7 Å². The van der Waals surface area contributed by atoms with Gasteiger partial charge in [0.1, 0.15) is 5.92 Å². The number of aliphatic carboxylic acids is 1. The lowest BCUT2D eigenvalue weighted by molar-refractivity contribution is -0.138. The van der Waals surface area contributed by atoms with E-state index in [2.05, 4.69) is 5.32 Å². The smallest absolute Gasteiger partial charge is 0.313 e. The second-order valence-electron chi connectivity index (χ2n) is 2.59. The van der Waals surface area contributed by atoms with Gasteiger partial charge in [-0.15, -0.1) is 11.3 Å². The van der Waals surface area contributed by atoms with E-state index in [4.69, 9.17) is 16.7 Å². The van der Waals surface area contributed by atoms with E-state index in [1.807, 2.05) is 0 Å². The number of nitrogens with one attached hydrogen (secondary N) is 1. The lowest BCUT2D eigenvalue weighted by Gasteiger charge is -2.08. The van der Waals surface area contributed by atoms with Gasteiger partial charge in [-0.05, 0) is 19.2 Å². The van der Waals surface area contributed by atoms with Crippen LogP contribution in [0.3, 0.4) is 0 Å². The Bertz CT molecular complexity index is 300. The maximum absolute atomic E-state index is 10.8. The molecule has 2 N–H and O–H groups in total. The third-order valence-electron chi connectivity index (χ3n) is 1.64. The number of hydrogen-bond acceptors (Lipinski definition) is 3. The van der Waals surface area contributed by atoms with Gasteiger partial charge in [-0.2, -0.15) is 0 Å². The summed E-state index contributed by atoms with van der Waals surface area (Å²) in [5.74, 6) is -1.32. The maximum Gasteiger partial charge on any atom is 0.313 e. The van der Waals surface area contributed by atoms with Gasteiger partial charge in [0.2, 0.25) is 0 Å². The number of likely N-dealkylation sites (N-methyl/N-ethyl adjacent to an activating group) is 1. The highest BCUT2D eigenvalue weighted by Gasteiger charge is 2.20. The van der Waals surface area contributed by atoms with Gasteiger partial charge in [-0.1, -0.05) is 11.6 Å². The molecule has 0 aromatic carbocycles. The van der Waals surface area contributed by atoms with Crippen molar-refractivity contribution in [1.29, 1.82) is 0 Å². The molecule has 3 nitrogen and oxygen atoms in total. The summed E-state index contributed by atoms with van der Waals surface area (Å²) < 4.78 is 0.623. The van der Waals surface area contributed by atoms with Crippen LogP contribution in [0.4, 0.5) is 0 Å². The summed E-state index contributed by atoms with van der Waals surface area (Å²) in [6.07, 6.45) is 0. The molecule has 1 unspecified atom stereocenters. The molecule has 13 heavy (non-hydrogen) atoms. The Morgan fingerprint density at radius 3 is 2.85 bits per heavy atom. The molecule has 0 bridgehead atoms. The Kier molecular flexibility index (Phi) is 3.71. The molecule has 1 heterocycles. The summed E-state index contributed by atoms with van der Waals surface area (Å²) in [5.41, 5.74) is 0. The molecule has 5 heteroatoms. The van der Waals surface area contributed by atoms with E-state index in [9.17, 15) is 4.79 Å². The number of halogens is 1. The Labute approximate surface area is 85.3 Å². The van der Waals surface area contributed by atoms with Crippen LogP contribution >= 0.6 is 22.9 Å². The fourth-order valence-electron chi connectivity index (χ4n) is 1.03. The van der Waals surface area contributed by atoms with Crippen molar-refractivity contribution in [1.82, 2.24) is 5.32 Å². The van der Waals surface area contributed by atoms with Gasteiger partial charge in [0.15, 0.2) is 0 Å². The monoisotopic (exact) mass is 219 g/mol. The van der Waals surface area contributed by atoms with Gasteiger partial charge < -0.3 is 10.4 Å². The van der Waals surface area contributed by atoms with Crippen molar-refractivity contribution in [3.8, 4) is 0 Å². The van der Waals surface area contributed by atoms with Crippen LogP contribution in [0.5, 0.6) is 0 Å². The maximum atomic E-state index is 10.8. The van der Waals surface area contributed by atoms with Crippen molar-refractivity contribution < 1.29 is 9.90 Å². The average Bonchev–Trinajstić information content (AvgIpc) is 2.46. The topological polar surface area (TPSA) is 49.3 Å². The Hall–Kier alpha value is -0.580. The first-order chi connectivity index (χ1) is 6.15. The second-order valence-corrected chi connectivity index (χ2v) is 4.34. The van der Waals surface area contributed by atoms with Crippen LogP contribution in [0.1, 0.15) is 10.8 Å². The molecule has 1 aromatic rings. The molecule has 0 saturated carbocycles. The van der Waals surface area contributed by atoms with Gasteiger partial charge >= 0.3 is 5.97 Å². The fourth-order valence-corrected chi connectivity index (χ4v) is 2.18. The molecule has 0 aliphatic carbocycles. The third-order valence-corrected chi connectivity index (χ3v) is 2.99. The summed E-state index contributed by atoms with van der Waals surface area (Å²) >= 11 is 7.02. The van der Waals surface area contributed by atoms with Crippen LogP contribution in [0.25, 0.3) is 0 Å². The molecule has 0 saturated heterocycles. The number of carboxylic acids is 1. The minimum atomic E-state index is -0.826. The molecule has 0 fully saturated rings. The second kappa shape index (κ2) is 4.60. The minimum Gasteiger partial charge on any atom is -0.481 e. The first kappa shape index (κ1) is 10.5. The summed E-state index contributed by atoms with van der Waals surface area (Å²) in [4.78, 5) is 11.6. The van der Waals surface area contributed by atoms with E-state index < -0.39 is 11.9 Å². The SMILES string of the molecule is CNCC(C(=O)O)c1ccc(Cl)s1. The van der Waals surface area contributed by atoms with Gasteiger partial charge in [-0.3, -0.25) is 4.79 Å². The van der Waals surface area contributed by atoms with Gasteiger partial charge in [0.25, 0.3) is 0 Å². The fraction of sp³-hybridized carbons (Fsp3) is 0.375. The predicted octanol–water partition coefficient (Wildman–Crippen LogP) is 1.79. The summed E-state index contributed by atoms with van der Waals surface area (Å²) in [7, 11) is 1.73. The zero-order valence-corrected chi connectivity index (χ0v) is 8.65. The molecule has 0 aliphatic heterocycles. The van der Waals surface area contributed by atoms with E-state index in [1.165, 1.54) is 11.3 Å². The highest BCUT2D eigenvalue weighted by atomic mass is 35.5. The lowest BCUT2D eigenvalue weighted by Crippen LogP contribution is -2.23. The molecule has 1 rings (SSSR count). The molecule has 0 radical (unpaired) electrons. The quantitative estimate of drug-likeness (QED) is 0.812. The Morgan fingerprint density at radius 1 is 1.77 bits per heavy atom. The minimum absolute atomic E-state index is 0.423. The van der Waals surface area contributed by atoms with E-state index in [0.29, 0.717) is 10.9 Å². The Morgan fingerprint density at radius 2 is 2.46 bits per heavy atom. The summed E-state index contributed by atoms with van der Waals surface area (Å²) in [6, 6.07) is 3.47. The van der Waals surface area contributed by atoms with Crippen molar-refractivity contribution in [2.24, 2.45) is 0 Å². The number of carboxylic acid groups (broad SMARTS) is 1. The van der Waals surface area contributed by atoms with E-state index in [-0.39, 0.29) is 0 Å². The van der Waals surface area contributed by atoms with E-state index in [1.54, 1.807) is 19.2 Å². The Balaban J connectivity index is 2.81. The molecule has 72 valence electrons. The van der Waals surface area contributed by atoms with Crippen molar-refractivity contribution in [3.05, 3.63) is 21.3 Å². The van der Waals surface area contributed by atoms with Crippen LogP contribution in [0.15, 0.2) is 12.1 Å². The number of carbonyl (C=O) groups is 1. The first-order valence-corrected chi connectivity index (χ1v) is 4.97. The highest BCUT2D eigenvalue weighted by Crippen LogP contribution is 2.27. The van der Waals surface area contributed by atoms with Crippen molar-refractivity contribution in [2.45, 2.75) is 5.92 Å². The number of rotatable bonds is 4. The number of thiophene rings is 1. The van der Waals surface area contributed by atoms with Crippen LogP contribution in [-0.2, 0) is 4.79 Å². The predicted molar refractivity (Wildman–Crippen MR) is 53.6 cm³/mol. The van der Waals surface area contributed by atoms with Crippen LogP contribution < -0.4 is 5.32 Å². The molecule has 0 spiro atoms. The van der Waals surface area contributed by atoms with Crippen molar-refractivity contribution >= 4 is 28.9 Å². The van der Waals surface area contributed by atoms with Crippen molar-refractivity contribution in [2.75, 3.05) is 13.6 Å². The van der Waals surface area contributed by atoms with Crippen LogP contribution in [0, 0.1) is 0 Å². The molecule has 0 amide bonds. The molecule has 1 aromatic heterocycles. The zero-order valence-electron chi connectivity index (χ0n) is 7.08.